The predicted molar refractivity (Wildman–Crippen MR) is 82.7 cm³/mol. The summed E-state index contributed by atoms with van der Waals surface area (Å²) in [6.07, 6.45) is 0.996. The SMILES string of the molecule is CCCNc1ccc([N+](=O)[O-])cc1Cn1nc(C)cc1C. The van der Waals surface area contributed by atoms with Crippen molar-refractivity contribution >= 4 is 11.4 Å². The van der Waals surface area contributed by atoms with Crippen molar-refractivity contribution in [3.63, 3.8) is 0 Å². The van der Waals surface area contributed by atoms with Gasteiger partial charge in [-0.05, 0) is 32.4 Å². The van der Waals surface area contributed by atoms with Crippen molar-refractivity contribution in [3.05, 3.63) is 51.3 Å². The molecule has 0 saturated carbocycles. The summed E-state index contributed by atoms with van der Waals surface area (Å²) in [6, 6.07) is 6.92. The zero-order valence-corrected chi connectivity index (χ0v) is 12.6. The van der Waals surface area contributed by atoms with Gasteiger partial charge in [0.25, 0.3) is 5.69 Å². The number of aromatic nitrogens is 2. The van der Waals surface area contributed by atoms with Crippen molar-refractivity contribution in [1.82, 2.24) is 9.78 Å². The zero-order chi connectivity index (χ0) is 15.4. The van der Waals surface area contributed by atoms with Crippen molar-refractivity contribution in [3.8, 4) is 0 Å². The molecule has 0 radical (unpaired) electrons. The molecule has 0 aliphatic carbocycles. The first-order valence-electron chi connectivity index (χ1n) is 7.03. The Morgan fingerprint density at radius 3 is 2.67 bits per heavy atom. The van der Waals surface area contributed by atoms with Crippen LogP contribution in [0.1, 0.15) is 30.3 Å². The third kappa shape index (κ3) is 3.59. The maximum atomic E-state index is 11.0. The molecule has 0 bridgehead atoms. The highest BCUT2D eigenvalue weighted by Gasteiger charge is 2.12. The van der Waals surface area contributed by atoms with Gasteiger partial charge in [-0.2, -0.15) is 5.10 Å². The van der Waals surface area contributed by atoms with Crippen molar-refractivity contribution < 1.29 is 4.92 Å². The van der Waals surface area contributed by atoms with Crippen LogP contribution in [0.4, 0.5) is 11.4 Å². The van der Waals surface area contributed by atoms with E-state index in [0.29, 0.717) is 6.54 Å². The average molecular weight is 288 g/mol. The van der Waals surface area contributed by atoms with Crippen molar-refractivity contribution in [2.45, 2.75) is 33.7 Å². The normalized spacial score (nSPS) is 10.6. The van der Waals surface area contributed by atoms with E-state index in [-0.39, 0.29) is 10.6 Å². The largest absolute Gasteiger partial charge is 0.385 e. The van der Waals surface area contributed by atoms with Gasteiger partial charge in [-0.1, -0.05) is 6.92 Å². The molecular weight excluding hydrogens is 268 g/mol. The molecule has 0 saturated heterocycles. The van der Waals surface area contributed by atoms with Crippen LogP contribution in [0.25, 0.3) is 0 Å². The number of anilines is 1. The van der Waals surface area contributed by atoms with Gasteiger partial charge >= 0.3 is 0 Å². The van der Waals surface area contributed by atoms with Crippen molar-refractivity contribution in [2.75, 3.05) is 11.9 Å². The first-order valence-corrected chi connectivity index (χ1v) is 7.03. The van der Waals surface area contributed by atoms with Crippen LogP contribution < -0.4 is 5.32 Å². The van der Waals surface area contributed by atoms with Gasteiger partial charge in [0.1, 0.15) is 0 Å². The molecule has 0 aliphatic rings. The van der Waals surface area contributed by atoms with E-state index >= 15 is 0 Å². The zero-order valence-electron chi connectivity index (χ0n) is 12.6. The lowest BCUT2D eigenvalue weighted by Gasteiger charge is -2.12. The first kappa shape index (κ1) is 15.0. The Bertz CT molecular complexity index is 649. The van der Waals surface area contributed by atoms with Gasteiger partial charge in [-0.15, -0.1) is 0 Å². The van der Waals surface area contributed by atoms with E-state index in [4.69, 9.17) is 0 Å². The molecule has 0 amide bonds. The van der Waals surface area contributed by atoms with Gasteiger partial charge < -0.3 is 5.32 Å². The number of nitro groups is 1. The number of nitrogens with zero attached hydrogens (tertiary/aromatic N) is 3. The fourth-order valence-corrected chi connectivity index (χ4v) is 2.25. The van der Waals surface area contributed by atoms with Crippen LogP contribution in [0.2, 0.25) is 0 Å². The maximum absolute atomic E-state index is 11.0. The predicted octanol–water partition coefficient (Wildman–Crippen LogP) is 3.28. The number of aryl methyl sites for hydroxylation is 2. The Hall–Kier alpha value is -2.37. The molecule has 1 aromatic heterocycles. The summed E-state index contributed by atoms with van der Waals surface area (Å²) in [6.45, 7) is 7.36. The molecule has 0 aliphatic heterocycles. The molecular formula is C15H20N4O2. The van der Waals surface area contributed by atoms with Crippen molar-refractivity contribution in [1.29, 1.82) is 0 Å². The molecule has 1 N–H and O–H groups in total. The van der Waals surface area contributed by atoms with Crippen LogP contribution in [0, 0.1) is 24.0 Å². The highest BCUT2D eigenvalue weighted by Crippen LogP contribution is 2.23. The van der Waals surface area contributed by atoms with Gasteiger partial charge in [0.05, 0.1) is 17.2 Å². The van der Waals surface area contributed by atoms with Crippen LogP contribution in [0.5, 0.6) is 0 Å². The van der Waals surface area contributed by atoms with E-state index in [2.05, 4.69) is 17.3 Å². The Balaban J connectivity index is 2.35. The lowest BCUT2D eigenvalue weighted by Crippen LogP contribution is -2.09. The summed E-state index contributed by atoms with van der Waals surface area (Å²) in [7, 11) is 0. The van der Waals surface area contributed by atoms with E-state index in [0.717, 1.165) is 35.6 Å². The van der Waals surface area contributed by atoms with Gasteiger partial charge in [0.2, 0.25) is 0 Å². The summed E-state index contributed by atoms with van der Waals surface area (Å²) in [5, 5.41) is 18.7. The Morgan fingerprint density at radius 2 is 2.10 bits per heavy atom. The smallest absolute Gasteiger partial charge is 0.269 e. The van der Waals surface area contributed by atoms with Crippen LogP contribution >= 0.6 is 0 Å². The number of nitro benzene ring substituents is 1. The Kier molecular flexibility index (Phi) is 4.57. The number of rotatable bonds is 6. The minimum atomic E-state index is -0.367. The van der Waals surface area contributed by atoms with E-state index in [9.17, 15) is 10.1 Å². The molecule has 1 aromatic carbocycles. The molecule has 0 fully saturated rings. The van der Waals surface area contributed by atoms with Crippen LogP contribution in [-0.2, 0) is 6.54 Å². The Morgan fingerprint density at radius 1 is 1.33 bits per heavy atom. The topological polar surface area (TPSA) is 73.0 Å². The molecule has 2 rings (SSSR count). The summed E-state index contributed by atoms with van der Waals surface area (Å²) >= 11 is 0. The summed E-state index contributed by atoms with van der Waals surface area (Å²) < 4.78 is 1.87. The molecule has 2 aromatic rings. The molecule has 6 nitrogen and oxygen atoms in total. The number of hydrogen-bond acceptors (Lipinski definition) is 4. The molecule has 0 unspecified atom stereocenters. The first-order chi connectivity index (χ1) is 10.0. The second kappa shape index (κ2) is 6.39. The van der Waals surface area contributed by atoms with E-state index in [1.54, 1.807) is 12.1 Å². The number of hydrogen-bond donors (Lipinski definition) is 1. The van der Waals surface area contributed by atoms with Gasteiger partial charge in [-0.25, -0.2) is 0 Å². The fraction of sp³-hybridized carbons (Fsp3) is 0.400. The molecule has 1 heterocycles. The van der Waals surface area contributed by atoms with Gasteiger partial charge in [0.15, 0.2) is 0 Å². The fourth-order valence-electron chi connectivity index (χ4n) is 2.25. The summed E-state index contributed by atoms with van der Waals surface area (Å²) in [4.78, 5) is 10.6. The van der Waals surface area contributed by atoms with Gasteiger partial charge in [0, 0.05) is 35.6 Å². The maximum Gasteiger partial charge on any atom is 0.269 e. The minimum absolute atomic E-state index is 0.105. The standard InChI is InChI=1S/C15H20N4O2/c1-4-7-16-15-6-5-14(19(20)21)9-13(15)10-18-12(3)8-11(2)17-18/h5-6,8-9,16H,4,7,10H2,1-3H3. The molecule has 0 atom stereocenters. The van der Waals surface area contributed by atoms with E-state index < -0.39 is 0 Å². The second-order valence-corrected chi connectivity index (χ2v) is 5.11. The van der Waals surface area contributed by atoms with Crippen LogP contribution in [0.15, 0.2) is 24.3 Å². The third-order valence-electron chi connectivity index (χ3n) is 3.29. The lowest BCUT2D eigenvalue weighted by atomic mass is 10.1. The highest BCUT2D eigenvalue weighted by atomic mass is 16.6. The van der Waals surface area contributed by atoms with E-state index in [1.165, 1.54) is 6.07 Å². The number of benzene rings is 1. The number of nitrogens with one attached hydrogen (secondary N) is 1. The van der Waals surface area contributed by atoms with Crippen molar-refractivity contribution in [2.24, 2.45) is 0 Å². The second-order valence-electron chi connectivity index (χ2n) is 5.11. The quantitative estimate of drug-likeness (QED) is 0.654. The van der Waals surface area contributed by atoms with Crippen LogP contribution in [-0.4, -0.2) is 21.2 Å². The average Bonchev–Trinajstić information content (AvgIpc) is 2.75. The third-order valence-corrected chi connectivity index (χ3v) is 3.29. The summed E-state index contributed by atoms with van der Waals surface area (Å²) in [5.41, 5.74) is 3.90. The minimum Gasteiger partial charge on any atom is -0.385 e. The highest BCUT2D eigenvalue weighted by molar-refractivity contribution is 5.56. The lowest BCUT2D eigenvalue weighted by molar-refractivity contribution is -0.384. The monoisotopic (exact) mass is 288 g/mol. The molecule has 21 heavy (non-hydrogen) atoms. The molecule has 6 heteroatoms. The molecule has 112 valence electrons. The Labute approximate surface area is 123 Å². The summed E-state index contributed by atoms with van der Waals surface area (Å²) in [5.74, 6) is 0. The number of non-ortho nitro benzene ring substituents is 1. The van der Waals surface area contributed by atoms with Gasteiger partial charge in [-0.3, -0.25) is 14.8 Å². The molecule has 0 spiro atoms. The van der Waals surface area contributed by atoms with Crippen LogP contribution in [0.3, 0.4) is 0 Å². The van der Waals surface area contributed by atoms with E-state index in [1.807, 2.05) is 24.6 Å².